The van der Waals surface area contributed by atoms with Gasteiger partial charge in [-0.05, 0) is 33.0 Å². The van der Waals surface area contributed by atoms with E-state index in [2.05, 4.69) is 32.9 Å². The predicted octanol–water partition coefficient (Wildman–Crippen LogP) is 0.584. The zero-order valence-corrected chi connectivity index (χ0v) is 9.20. The van der Waals surface area contributed by atoms with Gasteiger partial charge in [0, 0.05) is 11.3 Å². The van der Waals surface area contributed by atoms with Gasteiger partial charge in [0.05, 0.1) is 11.4 Å². The molecule has 76 valence electrons. The van der Waals surface area contributed by atoms with Crippen molar-refractivity contribution < 1.29 is 0 Å². The minimum atomic E-state index is 0.156. The van der Waals surface area contributed by atoms with Gasteiger partial charge in [0.15, 0.2) is 5.11 Å². The van der Waals surface area contributed by atoms with Gasteiger partial charge in [-0.2, -0.15) is 10.2 Å². The SMILES string of the molecule is C/C(=N\NC(N)=S)c1c(C)n[nH]c1C. The van der Waals surface area contributed by atoms with Crippen LogP contribution in [0, 0.1) is 13.8 Å². The second-order valence-corrected chi connectivity index (χ2v) is 3.42. The van der Waals surface area contributed by atoms with E-state index in [0.717, 1.165) is 22.7 Å². The molecule has 1 aromatic heterocycles. The summed E-state index contributed by atoms with van der Waals surface area (Å²) in [5.41, 5.74) is 11.5. The van der Waals surface area contributed by atoms with Crippen LogP contribution < -0.4 is 11.2 Å². The molecule has 0 fully saturated rings. The Balaban J connectivity index is 2.93. The van der Waals surface area contributed by atoms with Crippen LogP contribution in [-0.4, -0.2) is 21.0 Å². The van der Waals surface area contributed by atoms with Crippen LogP contribution in [0.3, 0.4) is 0 Å². The van der Waals surface area contributed by atoms with Gasteiger partial charge in [-0.3, -0.25) is 10.5 Å². The molecule has 0 radical (unpaired) electrons. The van der Waals surface area contributed by atoms with Gasteiger partial charge in [0.1, 0.15) is 0 Å². The maximum absolute atomic E-state index is 5.26. The van der Waals surface area contributed by atoms with Crippen molar-refractivity contribution in [2.45, 2.75) is 20.8 Å². The number of hydrazone groups is 1. The summed E-state index contributed by atoms with van der Waals surface area (Å²) < 4.78 is 0. The average molecular weight is 211 g/mol. The number of aryl methyl sites for hydroxylation is 2. The summed E-state index contributed by atoms with van der Waals surface area (Å²) in [5.74, 6) is 0. The Morgan fingerprint density at radius 3 is 2.64 bits per heavy atom. The van der Waals surface area contributed by atoms with E-state index in [1.54, 1.807) is 0 Å². The third-order valence-corrected chi connectivity index (χ3v) is 1.92. The predicted molar refractivity (Wildman–Crippen MR) is 60.2 cm³/mol. The third kappa shape index (κ3) is 2.29. The van der Waals surface area contributed by atoms with Crippen molar-refractivity contribution in [3.8, 4) is 0 Å². The van der Waals surface area contributed by atoms with E-state index in [4.69, 9.17) is 5.73 Å². The standard InChI is InChI=1S/C8H13N5S/c1-4-7(5(2)11-10-4)6(3)12-13-8(9)14/h1-3H3,(H,10,11)(H3,9,13,14)/b12-6+. The number of nitrogens with zero attached hydrogens (tertiary/aromatic N) is 2. The number of H-pyrrole nitrogens is 1. The van der Waals surface area contributed by atoms with E-state index < -0.39 is 0 Å². The highest BCUT2D eigenvalue weighted by Gasteiger charge is 2.08. The molecule has 0 bridgehead atoms. The smallest absolute Gasteiger partial charge is 0.184 e. The Morgan fingerprint density at radius 1 is 1.57 bits per heavy atom. The molecule has 0 aromatic carbocycles. The fourth-order valence-corrected chi connectivity index (χ4v) is 1.32. The Hall–Kier alpha value is -1.43. The zero-order chi connectivity index (χ0) is 10.7. The van der Waals surface area contributed by atoms with Crippen molar-refractivity contribution in [3.63, 3.8) is 0 Å². The molecule has 6 heteroatoms. The number of hydrogen-bond acceptors (Lipinski definition) is 3. The number of nitrogens with two attached hydrogens (primary N) is 1. The molecule has 0 saturated heterocycles. The van der Waals surface area contributed by atoms with Crippen molar-refractivity contribution in [1.29, 1.82) is 0 Å². The minimum Gasteiger partial charge on any atom is -0.375 e. The highest BCUT2D eigenvalue weighted by molar-refractivity contribution is 7.80. The second kappa shape index (κ2) is 4.19. The Labute approximate surface area is 87.8 Å². The van der Waals surface area contributed by atoms with E-state index in [9.17, 15) is 0 Å². The fraction of sp³-hybridized carbons (Fsp3) is 0.375. The largest absolute Gasteiger partial charge is 0.375 e. The molecule has 1 rings (SSSR count). The molecular weight excluding hydrogens is 198 g/mol. The summed E-state index contributed by atoms with van der Waals surface area (Å²) in [7, 11) is 0. The van der Waals surface area contributed by atoms with Crippen LogP contribution in [0.1, 0.15) is 23.9 Å². The lowest BCUT2D eigenvalue weighted by Gasteiger charge is -2.01. The van der Waals surface area contributed by atoms with Gasteiger partial charge >= 0.3 is 0 Å². The average Bonchev–Trinajstić information content (AvgIpc) is 2.42. The number of aromatic amines is 1. The molecule has 0 aliphatic heterocycles. The number of nitrogens with one attached hydrogen (secondary N) is 2. The molecule has 0 aliphatic rings. The lowest BCUT2D eigenvalue weighted by atomic mass is 10.1. The van der Waals surface area contributed by atoms with E-state index >= 15 is 0 Å². The highest BCUT2D eigenvalue weighted by Crippen LogP contribution is 2.09. The van der Waals surface area contributed by atoms with Crippen molar-refractivity contribution in [2.75, 3.05) is 0 Å². The molecule has 5 nitrogen and oxygen atoms in total. The molecule has 0 amide bonds. The third-order valence-electron chi connectivity index (χ3n) is 1.82. The number of hydrogen-bond donors (Lipinski definition) is 3. The van der Waals surface area contributed by atoms with Crippen LogP contribution in [0.2, 0.25) is 0 Å². The molecule has 0 atom stereocenters. The first-order valence-electron chi connectivity index (χ1n) is 4.14. The molecular formula is C8H13N5S. The maximum Gasteiger partial charge on any atom is 0.184 e. The van der Waals surface area contributed by atoms with Gasteiger partial charge in [-0.25, -0.2) is 0 Å². The first-order valence-corrected chi connectivity index (χ1v) is 4.55. The quantitative estimate of drug-likeness (QED) is 0.380. The van der Waals surface area contributed by atoms with Crippen molar-refractivity contribution in [1.82, 2.24) is 15.6 Å². The van der Waals surface area contributed by atoms with Gasteiger partial charge in [0.25, 0.3) is 0 Å². The van der Waals surface area contributed by atoms with Crippen LogP contribution in [0.4, 0.5) is 0 Å². The summed E-state index contributed by atoms with van der Waals surface area (Å²) in [6.07, 6.45) is 0. The summed E-state index contributed by atoms with van der Waals surface area (Å²) in [4.78, 5) is 0. The van der Waals surface area contributed by atoms with Crippen LogP contribution in [0.5, 0.6) is 0 Å². The van der Waals surface area contributed by atoms with E-state index in [-0.39, 0.29) is 5.11 Å². The summed E-state index contributed by atoms with van der Waals surface area (Å²) in [6, 6.07) is 0. The number of thiocarbonyl (C=S) groups is 1. The second-order valence-electron chi connectivity index (χ2n) is 2.98. The lowest BCUT2D eigenvalue weighted by molar-refractivity contribution is 1.02. The zero-order valence-electron chi connectivity index (χ0n) is 8.38. The molecule has 1 aromatic rings. The van der Waals surface area contributed by atoms with Gasteiger partial charge < -0.3 is 5.73 Å². The maximum atomic E-state index is 5.26. The Kier molecular flexibility index (Phi) is 3.19. The molecule has 0 unspecified atom stereocenters. The summed E-state index contributed by atoms with van der Waals surface area (Å²) >= 11 is 4.65. The lowest BCUT2D eigenvalue weighted by Crippen LogP contribution is -2.25. The number of aromatic nitrogens is 2. The van der Waals surface area contributed by atoms with Gasteiger partial charge in [0.2, 0.25) is 0 Å². The fourth-order valence-electron chi connectivity index (χ4n) is 1.28. The highest BCUT2D eigenvalue weighted by atomic mass is 32.1. The Bertz CT molecular complexity index is 360. The first kappa shape index (κ1) is 10.6. The normalized spacial score (nSPS) is 11.5. The molecule has 0 saturated carbocycles. The van der Waals surface area contributed by atoms with Gasteiger partial charge in [-0.1, -0.05) is 0 Å². The molecule has 14 heavy (non-hydrogen) atoms. The van der Waals surface area contributed by atoms with Crippen LogP contribution >= 0.6 is 12.2 Å². The molecule has 0 aliphatic carbocycles. The van der Waals surface area contributed by atoms with E-state index in [1.807, 2.05) is 20.8 Å². The van der Waals surface area contributed by atoms with Crippen LogP contribution in [-0.2, 0) is 0 Å². The van der Waals surface area contributed by atoms with Crippen molar-refractivity contribution in [2.24, 2.45) is 10.8 Å². The van der Waals surface area contributed by atoms with E-state index in [1.165, 1.54) is 0 Å². The number of rotatable bonds is 2. The van der Waals surface area contributed by atoms with Crippen LogP contribution in [0.25, 0.3) is 0 Å². The van der Waals surface area contributed by atoms with Gasteiger partial charge in [-0.15, -0.1) is 0 Å². The molecule has 1 heterocycles. The van der Waals surface area contributed by atoms with Crippen molar-refractivity contribution >= 4 is 23.0 Å². The summed E-state index contributed by atoms with van der Waals surface area (Å²) in [5, 5.41) is 11.1. The van der Waals surface area contributed by atoms with Crippen molar-refractivity contribution in [3.05, 3.63) is 17.0 Å². The monoisotopic (exact) mass is 211 g/mol. The first-order chi connectivity index (χ1) is 6.52. The molecule has 0 spiro atoms. The Morgan fingerprint density at radius 2 is 2.21 bits per heavy atom. The van der Waals surface area contributed by atoms with E-state index in [0.29, 0.717) is 0 Å². The summed E-state index contributed by atoms with van der Waals surface area (Å²) in [6.45, 7) is 5.73. The minimum absolute atomic E-state index is 0.156. The topological polar surface area (TPSA) is 79.1 Å². The molecule has 4 N–H and O–H groups in total. The van der Waals surface area contributed by atoms with Crippen LogP contribution in [0.15, 0.2) is 5.10 Å².